The number of nitrogen functional groups attached to an aromatic ring is 1. The van der Waals surface area contributed by atoms with Gasteiger partial charge in [0.15, 0.2) is 17.2 Å². The molecule has 1 unspecified atom stereocenters. The minimum atomic E-state index is -1.06. The second kappa shape index (κ2) is 6.51. The van der Waals surface area contributed by atoms with Gasteiger partial charge in [0, 0.05) is 23.4 Å². The predicted octanol–water partition coefficient (Wildman–Crippen LogP) is 2.43. The summed E-state index contributed by atoms with van der Waals surface area (Å²) in [6, 6.07) is 8.35. The monoisotopic (exact) mass is 404 g/mol. The zero-order valence-corrected chi connectivity index (χ0v) is 15.7. The fourth-order valence-corrected chi connectivity index (χ4v) is 4.03. The molecule has 150 valence electrons. The van der Waals surface area contributed by atoms with Crippen LogP contribution in [0.25, 0.3) is 22.3 Å². The lowest BCUT2D eigenvalue weighted by atomic mass is 10.0. The first-order valence-electron chi connectivity index (χ1n) is 9.32. The lowest BCUT2D eigenvalue weighted by Gasteiger charge is -2.08. The number of primary amides is 1. The zero-order chi connectivity index (χ0) is 21.0. The smallest absolute Gasteiger partial charge is 0.251 e. The number of phenols is 1. The highest BCUT2D eigenvalue weighted by Gasteiger charge is 2.27. The van der Waals surface area contributed by atoms with E-state index in [0.717, 1.165) is 24.1 Å². The van der Waals surface area contributed by atoms with Gasteiger partial charge in [-0.15, -0.1) is 0 Å². The van der Waals surface area contributed by atoms with Gasteiger partial charge in [-0.05, 0) is 42.2 Å². The van der Waals surface area contributed by atoms with E-state index < -0.39 is 23.0 Å². The van der Waals surface area contributed by atoms with Crippen molar-refractivity contribution >= 4 is 22.6 Å². The number of carbonyl (C=O) groups is 1. The van der Waals surface area contributed by atoms with Gasteiger partial charge in [0.1, 0.15) is 5.82 Å². The molecule has 30 heavy (non-hydrogen) atoms. The molecule has 0 bridgehead atoms. The summed E-state index contributed by atoms with van der Waals surface area (Å²) < 4.78 is 13.9. The van der Waals surface area contributed by atoms with Crippen molar-refractivity contribution in [2.45, 2.75) is 18.8 Å². The summed E-state index contributed by atoms with van der Waals surface area (Å²) in [5, 5.41) is 17.5. The Morgan fingerprint density at radius 1 is 1.27 bits per heavy atom. The molecule has 9 heteroatoms. The van der Waals surface area contributed by atoms with Crippen LogP contribution in [0.4, 0.5) is 10.1 Å². The summed E-state index contributed by atoms with van der Waals surface area (Å²) >= 11 is 0. The quantitative estimate of drug-likeness (QED) is 0.386. The SMILES string of the molecule is NC(=O)c1cc(-c2[nH]nc3nc(C4Cc5cccc(N)c5C4)ncc23)cc(O)c1F. The highest BCUT2D eigenvalue weighted by Crippen LogP contribution is 2.36. The van der Waals surface area contributed by atoms with E-state index in [1.54, 1.807) is 6.20 Å². The van der Waals surface area contributed by atoms with E-state index in [1.807, 2.05) is 12.1 Å². The maximum absolute atomic E-state index is 13.9. The van der Waals surface area contributed by atoms with Crippen LogP contribution >= 0.6 is 0 Å². The Hall–Kier alpha value is -4.01. The van der Waals surface area contributed by atoms with E-state index in [9.17, 15) is 14.3 Å². The molecule has 0 radical (unpaired) electrons. The van der Waals surface area contributed by atoms with Crippen LogP contribution in [0, 0.1) is 5.82 Å². The molecule has 8 nitrogen and oxygen atoms in total. The molecule has 0 aliphatic heterocycles. The van der Waals surface area contributed by atoms with E-state index in [1.165, 1.54) is 17.7 Å². The van der Waals surface area contributed by atoms with Gasteiger partial charge in [-0.3, -0.25) is 9.89 Å². The summed E-state index contributed by atoms with van der Waals surface area (Å²) in [4.78, 5) is 20.6. The first-order valence-corrected chi connectivity index (χ1v) is 9.32. The van der Waals surface area contributed by atoms with Crippen LogP contribution in [0.2, 0.25) is 0 Å². The van der Waals surface area contributed by atoms with Crippen LogP contribution in [-0.2, 0) is 12.8 Å². The lowest BCUT2D eigenvalue weighted by molar-refractivity contribution is 0.0995. The third-order valence-corrected chi connectivity index (χ3v) is 5.53. The molecule has 1 amide bonds. The Balaban J connectivity index is 1.53. The van der Waals surface area contributed by atoms with Gasteiger partial charge in [0.25, 0.3) is 5.91 Å². The number of halogens is 1. The molecule has 2 aromatic carbocycles. The first kappa shape index (κ1) is 18.0. The number of carbonyl (C=O) groups excluding carboxylic acids is 1. The number of aromatic hydroxyl groups is 1. The Morgan fingerprint density at radius 2 is 2.10 bits per heavy atom. The van der Waals surface area contributed by atoms with Crippen molar-refractivity contribution in [1.29, 1.82) is 0 Å². The molecule has 1 aliphatic rings. The van der Waals surface area contributed by atoms with E-state index in [2.05, 4.69) is 26.2 Å². The average molecular weight is 404 g/mol. The van der Waals surface area contributed by atoms with Crippen molar-refractivity contribution < 1.29 is 14.3 Å². The number of fused-ring (bicyclic) bond motifs is 2. The van der Waals surface area contributed by atoms with Crippen LogP contribution in [0.15, 0.2) is 36.5 Å². The Kier molecular flexibility index (Phi) is 3.92. The Bertz CT molecular complexity index is 1330. The van der Waals surface area contributed by atoms with Crippen LogP contribution in [0.1, 0.15) is 33.2 Å². The maximum Gasteiger partial charge on any atom is 0.251 e. The molecule has 1 atom stereocenters. The predicted molar refractivity (Wildman–Crippen MR) is 108 cm³/mol. The van der Waals surface area contributed by atoms with Gasteiger partial charge < -0.3 is 16.6 Å². The summed E-state index contributed by atoms with van der Waals surface area (Å²) in [5.41, 5.74) is 15.2. The topological polar surface area (TPSA) is 144 Å². The molecule has 0 saturated heterocycles. The number of hydrogen-bond donors (Lipinski definition) is 4. The molecule has 4 aromatic rings. The summed E-state index contributed by atoms with van der Waals surface area (Å²) in [6.07, 6.45) is 3.20. The van der Waals surface area contributed by atoms with Crippen LogP contribution in [0.5, 0.6) is 5.75 Å². The van der Waals surface area contributed by atoms with Gasteiger partial charge in [-0.2, -0.15) is 5.10 Å². The highest BCUT2D eigenvalue weighted by molar-refractivity contribution is 5.97. The average Bonchev–Trinajstić information content (AvgIpc) is 3.34. The number of aromatic nitrogens is 4. The molecular formula is C21H17FN6O2. The highest BCUT2D eigenvalue weighted by atomic mass is 19.1. The summed E-state index contributed by atoms with van der Waals surface area (Å²) in [5.74, 6) is -1.95. The maximum atomic E-state index is 13.9. The van der Waals surface area contributed by atoms with Crippen LogP contribution in [0.3, 0.4) is 0 Å². The number of aromatic amines is 1. The van der Waals surface area contributed by atoms with Crippen molar-refractivity contribution in [3.8, 4) is 17.0 Å². The van der Waals surface area contributed by atoms with Crippen molar-refractivity contribution in [2.75, 3.05) is 5.73 Å². The number of benzene rings is 2. The van der Waals surface area contributed by atoms with Gasteiger partial charge >= 0.3 is 0 Å². The number of anilines is 1. The Morgan fingerprint density at radius 3 is 2.87 bits per heavy atom. The largest absolute Gasteiger partial charge is 0.505 e. The number of amides is 1. The molecule has 2 heterocycles. The van der Waals surface area contributed by atoms with Gasteiger partial charge in [0.2, 0.25) is 0 Å². The van der Waals surface area contributed by atoms with Gasteiger partial charge in [-0.25, -0.2) is 14.4 Å². The molecular weight excluding hydrogens is 387 g/mol. The van der Waals surface area contributed by atoms with Crippen molar-refractivity contribution in [3.63, 3.8) is 0 Å². The molecule has 2 aromatic heterocycles. The fraction of sp³-hybridized carbons (Fsp3) is 0.143. The minimum absolute atomic E-state index is 0.102. The zero-order valence-electron chi connectivity index (χ0n) is 15.7. The van der Waals surface area contributed by atoms with E-state index in [4.69, 9.17) is 11.5 Å². The first-order chi connectivity index (χ1) is 14.4. The number of phenolic OH excluding ortho intramolecular Hbond substituents is 1. The molecule has 1 aliphatic carbocycles. The molecule has 0 fully saturated rings. The lowest BCUT2D eigenvalue weighted by Crippen LogP contribution is -2.13. The number of nitrogens with zero attached hydrogens (tertiary/aromatic N) is 3. The standard InChI is InChI=1S/C21H17FN6O2/c22-17-13(19(24)30)5-10(7-16(17)29)18-14-8-25-20(26-21(14)28-27-18)11-4-9-2-1-3-15(23)12(9)6-11/h1-3,5,7-8,11,29H,4,6,23H2,(H2,24,30)(H,25,26,27,28). The third-order valence-electron chi connectivity index (χ3n) is 5.53. The fourth-order valence-electron chi connectivity index (χ4n) is 4.03. The van der Waals surface area contributed by atoms with E-state index >= 15 is 0 Å². The molecule has 0 saturated carbocycles. The number of rotatable bonds is 3. The van der Waals surface area contributed by atoms with E-state index in [-0.39, 0.29) is 5.92 Å². The number of nitrogens with one attached hydrogen (secondary N) is 1. The number of nitrogens with two attached hydrogens (primary N) is 2. The van der Waals surface area contributed by atoms with Crippen molar-refractivity contribution in [2.24, 2.45) is 5.73 Å². The van der Waals surface area contributed by atoms with Crippen molar-refractivity contribution in [1.82, 2.24) is 20.2 Å². The molecule has 0 spiro atoms. The van der Waals surface area contributed by atoms with Crippen LogP contribution < -0.4 is 11.5 Å². The number of H-pyrrole nitrogens is 1. The Labute approximate surface area is 169 Å². The summed E-state index contributed by atoms with van der Waals surface area (Å²) in [7, 11) is 0. The third kappa shape index (κ3) is 2.74. The summed E-state index contributed by atoms with van der Waals surface area (Å²) in [6.45, 7) is 0. The minimum Gasteiger partial charge on any atom is -0.505 e. The molecule has 6 N–H and O–H groups in total. The van der Waals surface area contributed by atoms with Crippen LogP contribution in [-0.4, -0.2) is 31.2 Å². The molecule has 5 rings (SSSR count). The van der Waals surface area contributed by atoms with E-state index in [0.29, 0.717) is 28.1 Å². The second-order valence-corrected chi connectivity index (χ2v) is 7.38. The normalized spacial score (nSPS) is 15.4. The second-order valence-electron chi connectivity index (χ2n) is 7.38. The number of hydrogen-bond acceptors (Lipinski definition) is 6. The van der Waals surface area contributed by atoms with Crippen molar-refractivity contribution in [3.05, 3.63) is 64.9 Å². The van der Waals surface area contributed by atoms with Gasteiger partial charge in [-0.1, -0.05) is 12.1 Å². The van der Waals surface area contributed by atoms with Gasteiger partial charge in [0.05, 0.1) is 16.6 Å².